The molecule has 0 spiro atoms. The molecule has 0 aliphatic carbocycles. The molecule has 1 saturated heterocycles. The van der Waals surface area contributed by atoms with Gasteiger partial charge in [-0.3, -0.25) is 4.90 Å². The van der Waals surface area contributed by atoms with Gasteiger partial charge in [-0.15, -0.1) is 0 Å². The van der Waals surface area contributed by atoms with Gasteiger partial charge in [0.2, 0.25) is 0 Å². The summed E-state index contributed by atoms with van der Waals surface area (Å²) in [4.78, 5) is 6.66. The SMILES string of the molecule is CCC(C)(C(O)Cc1ncnn1C(C)C)N1CCOCC1. The Hall–Kier alpha value is -0.980. The third-order valence-corrected chi connectivity index (χ3v) is 4.68. The monoisotopic (exact) mass is 296 g/mol. The molecule has 2 unspecified atom stereocenters. The number of ether oxygens (including phenoxy) is 1. The van der Waals surface area contributed by atoms with Crippen molar-refractivity contribution in [2.75, 3.05) is 26.3 Å². The van der Waals surface area contributed by atoms with E-state index >= 15 is 0 Å². The predicted octanol–water partition coefficient (Wildman–Crippen LogP) is 1.26. The van der Waals surface area contributed by atoms with Crippen LogP contribution in [0.15, 0.2) is 6.33 Å². The Morgan fingerprint density at radius 2 is 2.05 bits per heavy atom. The van der Waals surface area contributed by atoms with Gasteiger partial charge in [-0.1, -0.05) is 6.92 Å². The van der Waals surface area contributed by atoms with Gasteiger partial charge in [-0.25, -0.2) is 9.67 Å². The van der Waals surface area contributed by atoms with Crippen LogP contribution in [0.5, 0.6) is 0 Å². The number of hydrogen-bond donors (Lipinski definition) is 1. The number of rotatable bonds is 6. The van der Waals surface area contributed by atoms with Gasteiger partial charge in [0, 0.05) is 31.1 Å². The summed E-state index contributed by atoms with van der Waals surface area (Å²) < 4.78 is 7.31. The smallest absolute Gasteiger partial charge is 0.138 e. The Kier molecular flexibility index (Phi) is 5.35. The van der Waals surface area contributed by atoms with Gasteiger partial charge < -0.3 is 9.84 Å². The molecule has 0 amide bonds. The first-order valence-electron chi connectivity index (χ1n) is 7.88. The molecule has 1 aromatic rings. The normalized spacial score (nSPS) is 21.4. The van der Waals surface area contributed by atoms with Crippen LogP contribution in [0, 0.1) is 0 Å². The molecule has 2 atom stereocenters. The molecule has 0 saturated carbocycles. The maximum atomic E-state index is 10.8. The molecule has 6 heteroatoms. The first-order chi connectivity index (χ1) is 9.99. The molecule has 0 radical (unpaired) electrons. The third kappa shape index (κ3) is 3.44. The minimum atomic E-state index is -0.470. The number of aromatic nitrogens is 3. The lowest BCUT2D eigenvalue weighted by atomic mass is 9.87. The lowest BCUT2D eigenvalue weighted by Gasteiger charge is -2.45. The second kappa shape index (κ2) is 6.85. The van der Waals surface area contributed by atoms with Crippen molar-refractivity contribution in [2.45, 2.75) is 58.2 Å². The van der Waals surface area contributed by atoms with Crippen molar-refractivity contribution >= 4 is 0 Å². The summed E-state index contributed by atoms with van der Waals surface area (Å²) in [7, 11) is 0. The van der Waals surface area contributed by atoms with Gasteiger partial charge in [0.25, 0.3) is 0 Å². The Bertz CT molecular complexity index is 443. The standard InChI is InChI=1S/C15H28N4O2/c1-5-15(4,18-6-8-21-9-7-18)13(20)10-14-16-11-17-19(14)12(2)3/h11-13,20H,5-10H2,1-4H3. The summed E-state index contributed by atoms with van der Waals surface area (Å²) >= 11 is 0. The van der Waals surface area contributed by atoms with Crippen LogP contribution in [0.25, 0.3) is 0 Å². The summed E-state index contributed by atoms with van der Waals surface area (Å²) in [6.07, 6.45) is 2.52. The zero-order chi connectivity index (χ0) is 15.5. The molecule has 21 heavy (non-hydrogen) atoms. The van der Waals surface area contributed by atoms with E-state index in [0.717, 1.165) is 38.5 Å². The maximum absolute atomic E-state index is 10.8. The number of aliphatic hydroxyl groups is 1. The minimum Gasteiger partial charge on any atom is -0.391 e. The van der Waals surface area contributed by atoms with Crippen molar-refractivity contribution in [3.63, 3.8) is 0 Å². The summed E-state index contributed by atoms with van der Waals surface area (Å²) in [5.41, 5.74) is -0.252. The van der Waals surface area contributed by atoms with E-state index < -0.39 is 6.10 Å². The highest BCUT2D eigenvalue weighted by Crippen LogP contribution is 2.27. The minimum absolute atomic E-state index is 0.252. The average molecular weight is 296 g/mol. The van der Waals surface area contributed by atoms with Crippen molar-refractivity contribution < 1.29 is 9.84 Å². The Labute approximate surface area is 127 Å². The molecule has 1 aromatic heterocycles. The van der Waals surface area contributed by atoms with E-state index in [2.05, 4.69) is 42.7 Å². The zero-order valence-corrected chi connectivity index (χ0v) is 13.6. The molecule has 1 fully saturated rings. The third-order valence-electron chi connectivity index (χ3n) is 4.68. The van der Waals surface area contributed by atoms with Gasteiger partial charge in [0.1, 0.15) is 12.2 Å². The quantitative estimate of drug-likeness (QED) is 0.856. The van der Waals surface area contributed by atoms with E-state index in [4.69, 9.17) is 4.74 Å². The van der Waals surface area contributed by atoms with Crippen molar-refractivity contribution in [1.29, 1.82) is 0 Å². The van der Waals surface area contributed by atoms with Crippen molar-refractivity contribution in [1.82, 2.24) is 19.7 Å². The maximum Gasteiger partial charge on any atom is 0.138 e. The van der Waals surface area contributed by atoms with E-state index in [1.165, 1.54) is 0 Å². The van der Waals surface area contributed by atoms with Crippen molar-refractivity contribution in [2.24, 2.45) is 0 Å². The average Bonchev–Trinajstić information content (AvgIpc) is 2.95. The van der Waals surface area contributed by atoms with Gasteiger partial charge in [0.05, 0.1) is 19.3 Å². The molecule has 0 aromatic carbocycles. The van der Waals surface area contributed by atoms with Crippen LogP contribution < -0.4 is 0 Å². The van der Waals surface area contributed by atoms with Crippen LogP contribution in [0.4, 0.5) is 0 Å². The highest BCUT2D eigenvalue weighted by molar-refractivity contribution is 4.99. The number of nitrogens with zero attached hydrogens (tertiary/aromatic N) is 4. The lowest BCUT2D eigenvalue weighted by Crippen LogP contribution is -2.58. The van der Waals surface area contributed by atoms with Crippen LogP contribution in [-0.4, -0.2) is 62.7 Å². The van der Waals surface area contributed by atoms with E-state index in [9.17, 15) is 5.11 Å². The van der Waals surface area contributed by atoms with Crippen LogP contribution >= 0.6 is 0 Å². The fourth-order valence-corrected chi connectivity index (χ4v) is 2.99. The molecule has 6 nitrogen and oxygen atoms in total. The summed E-state index contributed by atoms with van der Waals surface area (Å²) in [6, 6.07) is 0.256. The lowest BCUT2D eigenvalue weighted by molar-refractivity contribution is -0.0721. The summed E-state index contributed by atoms with van der Waals surface area (Å²) in [6.45, 7) is 11.6. The molecule has 2 heterocycles. The molecular formula is C15H28N4O2. The van der Waals surface area contributed by atoms with E-state index in [1.54, 1.807) is 6.33 Å². The first kappa shape index (κ1) is 16.4. The van der Waals surface area contributed by atoms with Gasteiger partial charge >= 0.3 is 0 Å². The Balaban J connectivity index is 2.12. The number of morpholine rings is 1. The molecule has 2 rings (SSSR count). The highest BCUT2D eigenvalue weighted by atomic mass is 16.5. The molecule has 1 aliphatic rings. The second-order valence-corrected chi connectivity index (χ2v) is 6.24. The second-order valence-electron chi connectivity index (χ2n) is 6.24. The van der Waals surface area contributed by atoms with Crippen molar-refractivity contribution in [3.05, 3.63) is 12.2 Å². The number of hydrogen-bond acceptors (Lipinski definition) is 5. The van der Waals surface area contributed by atoms with Crippen LogP contribution in [0.1, 0.15) is 46.0 Å². The van der Waals surface area contributed by atoms with Crippen LogP contribution in [-0.2, 0) is 11.2 Å². The van der Waals surface area contributed by atoms with E-state index in [-0.39, 0.29) is 11.6 Å². The highest BCUT2D eigenvalue weighted by Gasteiger charge is 2.38. The Morgan fingerprint density at radius 3 is 2.62 bits per heavy atom. The van der Waals surface area contributed by atoms with Gasteiger partial charge in [-0.2, -0.15) is 5.10 Å². The van der Waals surface area contributed by atoms with Crippen LogP contribution in [0.2, 0.25) is 0 Å². The molecule has 0 bridgehead atoms. The summed E-state index contributed by atoms with van der Waals surface area (Å²) in [5, 5.41) is 15.1. The Morgan fingerprint density at radius 1 is 1.38 bits per heavy atom. The largest absolute Gasteiger partial charge is 0.391 e. The van der Waals surface area contributed by atoms with Crippen molar-refractivity contribution in [3.8, 4) is 0 Å². The topological polar surface area (TPSA) is 63.4 Å². The molecule has 1 N–H and O–H groups in total. The fraction of sp³-hybridized carbons (Fsp3) is 0.867. The summed E-state index contributed by atoms with van der Waals surface area (Å²) in [5.74, 6) is 0.852. The van der Waals surface area contributed by atoms with E-state index in [0.29, 0.717) is 6.42 Å². The molecular weight excluding hydrogens is 268 g/mol. The predicted molar refractivity (Wildman–Crippen MR) is 81.2 cm³/mol. The fourth-order valence-electron chi connectivity index (χ4n) is 2.99. The number of aliphatic hydroxyl groups excluding tert-OH is 1. The molecule has 120 valence electrons. The molecule has 1 aliphatic heterocycles. The van der Waals surface area contributed by atoms with Gasteiger partial charge in [0.15, 0.2) is 0 Å². The van der Waals surface area contributed by atoms with Crippen LogP contribution in [0.3, 0.4) is 0 Å². The zero-order valence-electron chi connectivity index (χ0n) is 13.6. The first-order valence-corrected chi connectivity index (χ1v) is 7.88. The van der Waals surface area contributed by atoms with E-state index in [1.807, 2.05) is 4.68 Å². The van der Waals surface area contributed by atoms with Gasteiger partial charge in [-0.05, 0) is 27.2 Å².